The lowest BCUT2D eigenvalue weighted by atomic mass is 9.81. The van der Waals surface area contributed by atoms with Gasteiger partial charge in [-0.25, -0.2) is 4.79 Å². The molecule has 14 nitrogen and oxygen atoms in total. The number of hydrogen-bond acceptors (Lipinski definition) is 12. The number of nitrogens with zero attached hydrogens (tertiary/aromatic N) is 2. The molecule has 1 aromatic heterocycles. The number of hydrogen-bond donors (Lipinski definition) is 2. The van der Waals surface area contributed by atoms with Gasteiger partial charge in [0.25, 0.3) is 11.7 Å². The number of aryl methyl sites for hydroxylation is 1. The van der Waals surface area contributed by atoms with Gasteiger partial charge < -0.3 is 48.1 Å². The number of cyclic esters (lactones) is 1. The van der Waals surface area contributed by atoms with Gasteiger partial charge in [0.2, 0.25) is 5.79 Å². The highest BCUT2D eigenvalue weighted by atomic mass is 16.7. The van der Waals surface area contributed by atoms with Crippen molar-refractivity contribution >= 4 is 34.3 Å². The SMILES string of the molecule is CCCn1ccc2cc(OC3CCC(C=C(C)C4OC(=O)C5CCCCN5C(=O)C(=O)C5(O)OC(C(OC)CC(C)C/C(C)=C/C(CC)C(=O)CC(O)C4C)C(OC)CC5C)CC3OCC)ccc21. The standard InChI is InChI=1S/C55H82N2O12/c1-11-22-56-24-21-40-31-41(18-19-42(40)56)67-46-20-17-38(30-47(46)66-13-3)28-35(6)50-37(8)44(58)32-45(59)39(12-2)26-33(4)25-34(5)27-48(64-9)51-49(65-10)29-36(7)55(63,69-51)52(60)53(61)57-23-15-14-16-43(57)54(62)68-50/h18-19,21,24,26,28,31,34,36-39,43-44,46-51,58,63H,11-17,20,22-23,25,27,29-30,32H2,1-10H3/b33-26+,35-28?. The van der Waals surface area contributed by atoms with Crippen molar-refractivity contribution in [3.63, 3.8) is 0 Å². The number of piperidine rings is 1. The summed E-state index contributed by atoms with van der Waals surface area (Å²) >= 11 is 0. The van der Waals surface area contributed by atoms with Crippen LogP contribution in [0.5, 0.6) is 5.75 Å². The summed E-state index contributed by atoms with van der Waals surface area (Å²) in [5, 5.41) is 25.2. The molecule has 3 aliphatic heterocycles. The number of methoxy groups -OCH3 is 2. The highest BCUT2D eigenvalue weighted by Crippen LogP contribution is 2.40. The van der Waals surface area contributed by atoms with Crippen LogP contribution in [0, 0.1) is 29.6 Å². The number of ether oxygens (including phenoxy) is 6. The maximum atomic E-state index is 14.6. The van der Waals surface area contributed by atoms with Crippen LogP contribution in [-0.4, -0.2) is 125 Å². The quantitative estimate of drug-likeness (QED) is 0.126. The molecular formula is C55H82N2O12. The first-order chi connectivity index (χ1) is 33.0. The molecule has 3 fully saturated rings. The third kappa shape index (κ3) is 12.8. The number of aliphatic hydroxyl groups is 2. The van der Waals surface area contributed by atoms with Crippen molar-refractivity contribution in [2.24, 2.45) is 29.6 Å². The van der Waals surface area contributed by atoms with E-state index in [4.69, 9.17) is 28.4 Å². The van der Waals surface area contributed by atoms with Crippen LogP contribution in [0.1, 0.15) is 132 Å². The summed E-state index contributed by atoms with van der Waals surface area (Å²) in [4.78, 5) is 58.7. The molecular weight excluding hydrogens is 881 g/mol. The van der Waals surface area contributed by atoms with E-state index in [1.807, 2.05) is 39.8 Å². The molecule has 4 heterocycles. The van der Waals surface area contributed by atoms with Gasteiger partial charge in [0.15, 0.2) is 0 Å². The van der Waals surface area contributed by atoms with Gasteiger partial charge in [-0.2, -0.15) is 0 Å². The summed E-state index contributed by atoms with van der Waals surface area (Å²) in [6.07, 6.45) is 7.88. The van der Waals surface area contributed by atoms with Crippen molar-refractivity contribution in [1.29, 1.82) is 0 Å². The van der Waals surface area contributed by atoms with Crippen LogP contribution in [0.15, 0.2) is 53.8 Å². The van der Waals surface area contributed by atoms with E-state index >= 15 is 0 Å². The van der Waals surface area contributed by atoms with Crippen LogP contribution in [0.25, 0.3) is 10.9 Å². The minimum atomic E-state index is -2.51. The van der Waals surface area contributed by atoms with Crippen molar-refractivity contribution in [3.8, 4) is 5.75 Å². The fraction of sp³-hybridized carbons (Fsp3) is 0.709. The third-order valence-corrected chi connectivity index (χ3v) is 15.4. The molecule has 0 radical (unpaired) electrons. The van der Waals surface area contributed by atoms with Gasteiger partial charge in [0.05, 0.1) is 24.4 Å². The van der Waals surface area contributed by atoms with E-state index < -0.39 is 77.8 Å². The van der Waals surface area contributed by atoms with E-state index in [2.05, 4.69) is 48.9 Å². The summed E-state index contributed by atoms with van der Waals surface area (Å²) in [7, 11) is 3.09. The monoisotopic (exact) mass is 963 g/mol. The molecule has 4 aliphatic rings. The number of ketones is 2. The van der Waals surface area contributed by atoms with Crippen LogP contribution in [-0.2, 0) is 49.4 Å². The number of rotatable bonds is 11. The Morgan fingerprint density at radius 1 is 0.913 bits per heavy atom. The molecule has 14 unspecified atom stereocenters. The minimum Gasteiger partial charge on any atom is -0.488 e. The predicted molar refractivity (Wildman–Crippen MR) is 263 cm³/mol. The van der Waals surface area contributed by atoms with Crippen molar-refractivity contribution in [2.45, 2.75) is 194 Å². The maximum Gasteiger partial charge on any atom is 0.329 e. The van der Waals surface area contributed by atoms with Crippen molar-refractivity contribution in [1.82, 2.24) is 9.47 Å². The summed E-state index contributed by atoms with van der Waals surface area (Å²) in [6, 6.07) is 7.20. The smallest absolute Gasteiger partial charge is 0.329 e. The zero-order chi connectivity index (χ0) is 50.2. The largest absolute Gasteiger partial charge is 0.488 e. The van der Waals surface area contributed by atoms with E-state index in [0.29, 0.717) is 50.7 Å². The first-order valence-corrected chi connectivity index (χ1v) is 25.9. The third-order valence-electron chi connectivity index (χ3n) is 15.4. The number of carbonyl (C=O) groups excluding carboxylic acids is 4. The summed E-state index contributed by atoms with van der Waals surface area (Å²) in [5.74, 6) is -6.68. The number of amides is 1. The number of fused-ring (bicyclic) bond motifs is 4. The molecule has 1 saturated carbocycles. The summed E-state index contributed by atoms with van der Waals surface area (Å²) in [5.41, 5.74) is 2.87. The second-order valence-corrected chi connectivity index (χ2v) is 20.7. The van der Waals surface area contributed by atoms with Crippen LogP contribution in [0.2, 0.25) is 0 Å². The lowest BCUT2D eigenvalue weighted by molar-refractivity contribution is -0.302. The zero-order valence-corrected chi connectivity index (χ0v) is 43.0. The van der Waals surface area contributed by atoms with Gasteiger partial charge in [-0.05, 0) is 133 Å². The van der Waals surface area contributed by atoms with Crippen LogP contribution in [0.3, 0.4) is 0 Å². The number of carbonyl (C=O) groups is 4. The van der Waals surface area contributed by atoms with Crippen LogP contribution < -0.4 is 4.74 Å². The highest BCUT2D eigenvalue weighted by molar-refractivity contribution is 6.39. The Kier molecular flexibility index (Phi) is 19.3. The molecule has 69 heavy (non-hydrogen) atoms. The molecule has 6 rings (SSSR count). The normalized spacial score (nSPS) is 36.0. The van der Waals surface area contributed by atoms with Gasteiger partial charge in [0, 0.05) is 75.2 Å². The Balaban J connectivity index is 1.30. The van der Waals surface area contributed by atoms with Crippen molar-refractivity contribution in [2.75, 3.05) is 27.4 Å². The lowest BCUT2D eigenvalue weighted by Crippen LogP contribution is -2.64. The molecule has 1 aromatic carbocycles. The molecule has 0 spiro atoms. The van der Waals surface area contributed by atoms with Gasteiger partial charge in [-0.3, -0.25) is 14.4 Å². The number of aromatic nitrogens is 1. The number of benzene rings is 1. The first kappa shape index (κ1) is 54.4. The van der Waals surface area contributed by atoms with Crippen LogP contribution in [0.4, 0.5) is 0 Å². The average Bonchev–Trinajstić information content (AvgIpc) is 3.73. The lowest BCUT2D eigenvalue weighted by Gasteiger charge is -2.47. The molecule has 2 saturated heterocycles. The Morgan fingerprint density at radius 3 is 2.35 bits per heavy atom. The molecule has 2 aromatic rings. The molecule has 384 valence electrons. The van der Waals surface area contributed by atoms with Crippen molar-refractivity contribution < 1.29 is 57.8 Å². The first-order valence-electron chi connectivity index (χ1n) is 25.9. The van der Waals surface area contributed by atoms with Gasteiger partial charge in [0.1, 0.15) is 35.9 Å². The molecule has 14 heteroatoms. The number of aliphatic hydroxyl groups excluding tert-OH is 1. The highest BCUT2D eigenvalue weighted by Gasteiger charge is 2.56. The van der Waals surface area contributed by atoms with E-state index in [-0.39, 0.29) is 55.6 Å². The van der Waals surface area contributed by atoms with Crippen molar-refractivity contribution in [3.05, 3.63) is 53.8 Å². The van der Waals surface area contributed by atoms with Gasteiger partial charge >= 0.3 is 5.97 Å². The van der Waals surface area contributed by atoms with Gasteiger partial charge in [-0.15, -0.1) is 0 Å². The second-order valence-electron chi connectivity index (χ2n) is 20.7. The van der Waals surface area contributed by atoms with E-state index in [9.17, 15) is 29.4 Å². The summed E-state index contributed by atoms with van der Waals surface area (Å²) in [6.45, 7) is 17.0. The predicted octanol–water partition coefficient (Wildman–Crippen LogP) is 8.31. The molecule has 14 atom stereocenters. The van der Waals surface area contributed by atoms with E-state index in [1.165, 1.54) is 10.4 Å². The molecule has 1 amide bonds. The average molecular weight is 963 g/mol. The van der Waals surface area contributed by atoms with Gasteiger partial charge in [-0.1, -0.05) is 52.3 Å². The Morgan fingerprint density at radius 2 is 1.65 bits per heavy atom. The molecule has 2 bridgehead atoms. The van der Waals surface area contributed by atoms with Crippen LogP contribution >= 0.6 is 0 Å². The van der Waals surface area contributed by atoms with E-state index in [1.54, 1.807) is 28.1 Å². The number of Topliss-reactive ketones (excluding diaryl/α,β-unsaturated/α-hetero) is 2. The topological polar surface area (TPSA) is 172 Å². The zero-order valence-electron chi connectivity index (χ0n) is 43.0. The summed E-state index contributed by atoms with van der Waals surface area (Å²) < 4.78 is 39.8. The minimum absolute atomic E-state index is 0.0181. The fourth-order valence-electron chi connectivity index (χ4n) is 11.5. The Labute approximate surface area is 410 Å². The maximum absolute atomic E-state index is 14.6. The Bertz CT molecular complexity index is 2130. The second kappa shape index (κ2) is 24.5. The fourth-order valence-corrected chi connectivity index (χ4v) is 11.5. The van der Waals surface area contributed by atoms with E-state index in [0.717, 1.165) is 42.5 Å². The molecule has 2 N–H and O–H groups in total. The number of allylic oxidation sites excluding steroid dienone is 3. The Hall–Kier alpha value is -3.92. The molecule has 1 aliphatic carbocycles. The number of esters is 1.